The van der Waals surface area contributed by atoms with E-state index in [1.807, 2.05) is 0 Å². The molecule has 1 fully saturated rings. The fourth-order valence-electron chi connectivity index (χ4n) is 4.56. The maximum absolute atomic E-state index is 12.2. The maximum atomic E-state index is 12.2. The summed E-state index contributed by atoms with van der Waals surface area (Å²) in [5, 5.41) is 2.65. The lowest BCUT2D eigenvalue weighted by Crippen LogP contribution is -2.63. The van der Waals surface area contributed by atoms with E-state index in [1.54, 1.807) is 30.3 Å². The third kappa shape index (κ3) is 11.1. The van der Waals surface area contributed by atoms with Crippen molar-refractivity contribution in [3.8, 4) is 5.75 Å². The molecule has 2 aliphatic rings. The first-order valence-electron chi connectivity index (χ1n) is 14.2. The SMILES string of the molecule is CC(=O)Nc1ccc(O[C@@H]2C=C[C@H](OC3O[C@H](COC(C)=O)[C@@H](OC(C)=O)[C@H](OC(C)=O)[C@H]3OC(C)=O)[C@@H](COC(C)=O)O2)cc1. The highest BCUT2D eigenvalue weighted by molar-refractivity contribution is 5.88. The Kier molecular flexibility index (Phi) is 13.0. The Bertz CT molecular complexity index is 1300. The molecule has 0 saturated carbocycles. The van der Waals surface area contributed by atoms with Crippen molar-refractivity contribution in [3.05, 3.63) is 36.4 Å². The summed E-state index contributed by atoms with van der Waals surface area (Å²) in [4.78, 5) is 70.8. The van der Waals surface area contributed by atoms with Gasteiger partial charge in [0.25, 0.3) is 0 Å². The molecule has 3 rings (SSSR count). The molecule has 16 nitrogen and oxygen atoms in total. The molecule has 2 aliphatic heterocycles. The largest absolute Gasteiger partial charge is 0.463 e. The van der Waals surface area contributed by atoms with E-state index in [0.717, 1.165) is 27.7 Å². The van der Waals surface area contributed by atoms with Crippen molar-refractivity contribution in [1.29, 1.82) is 0 Å². The van der Waals surface area contributed by atoms with E-state index in [0.29, 0.717) is 11.4 Å². The van der Waals surface area contributed by atoms with Crippen LogP contribution in [-0.4, -0.2) is 98.2 Å². The first kappa shape index (κ1) is 35.9. The number of carbonyl (C=O) groups excluding carboxylic acids is 6. The van der Waals surface area contributed by atoms with Gasteiger partial charge in [-0.3, -0.25) is 28.8 Å². The Morgan fingerprint density at radius 3 is 1.74 bits per heavy atom. The van der Waals surface area contributed by atoms with E-state index in [4.69, 9.17) is 42.6 Å². The molecule has 1 saturated heterocycles. The molecule has 252 valence electrons. The van der Waals surface area contributed by atoms with Crippen LogP contribution < -0.4 is 10.1 Å². The second-order valence-corrected chi connectivity index (χ2v) is 10.2. The molecular formula is C30H37NO15. The van der Waals surface area contributed by atoms with Gasteiger partial charge in [0.05, 0.1) is 0 Å². The molecule has 0 aliphatic carbocycles. The Morgan fingerprint density at radius 1 is 0.652 bits per heavy atom. The summed E-state index contributed by atoms with van der Waals surface area (Å²) in [6, 6.07) is 6.50. The number of rotatable bonds is 12. The second kappa shape index (κ2) is 16.7. The Hall–Kier alpha value is -4.54. The lowest BCUT2D eigenvalue weighted by atomic mass is 9.97. The molecule has 0 radical (unpaired) electrons. The molecule has 1 aromatic carbocycles. The molecule has 0 aromatic heterocycles. The van der Waals surface area contributed by atoms with Crippen LogP contribution in [0.2, 0.25) is 0 Å². The van der Waals surface area contributed by atoms with E-state index in [9.17, 15) is 28.8 Å². The summed E-state index contributed by atoms with van der Waals surface area (Å²) in [7, 11) is 0. The Morgan fingerprint density at radius 2 is 1.20 bits per heavy atom. The van der Waals surface area contributed by atoms with Gasteiger partial charge in [-0.1, -0.05) is 6.08 Å². The molecule has 1 aromatic rings. The van der Waals surface area contributed by atoms with Gasteiger partial charge in [-0.2, -0.15) is 0 Å². The minimum atomic E-state index is -1.50. The number of nitrogens with one attached hydrogen (secondary N) is 1. The molecule has 16 heteroatoms. The summed E-state index contributed by atoms with van der Waals surface area (Å²) in [6.07, 6.45) is -6.95. The van der Waals surface area contributed by atoms with E-state index < -0.39 is 85.7 Å². The zero-order valence-corrected chi connectivity index (χ0v) is 26.1. The van der Waals surface area contributed by atoms with Crippen molar-refractivity contribution in [2.24, 2.45) is 0 Å². The standard InChI is InChI=1S/C30H37NO15/c1-15(32)31-21-7-9-22(10-8-21)43-26-12-11-23(24(44-26)13-38-16(2)33)45-30-29(42-20(6)37)28(41-19(5)36)27(40-18(4)35)25(46-30)14-39-17(3)34/h7-12,23-30H,13-14H2,1-6H3,(H,31,32)/t23-,24+,25+,26-,27+,28-,29+,30?/m0/s1. The monoisotopic (exact) mass is 651 g/mol. The first-order chi connectivity index (χ1) is 21.7. The first-order valence-corrected chi connectivity index (χ1v) is 14.2. The van der Waals surface area contributed by atoms with E-state index in [2.05, 4.69) is 5.32 Å². The summed E-state index contributed by atoms with van der Waals surface area (Å²) >= 11 is 0. The van der Waals surface area contributed by atoms with Gasteiger partial charge in [-0.05, 0) is 30.3 Å². The van der Waals surface area contributed by atoms with Gasteiger partial charge < -0.3 is 47.9 Å². The molecule has 0 spiro atoms. The van der Waals surface area contributed by atoms with Crippen molar-refractivity contribution in [1.82, 2.24) is 0 Å². The van der Waals surface area contributed by atoms with Crippen LogP contribution >= 0.6 is 0 Å². The number of hydrogen-bond donors (Lipinski definition) is 1. The number of amides is 1. The third-order valence-electron chi connectivity index (χ3n) is 6.25. The number of carbonyl (C=O) groups is 6. The van der Waals surface area contributed by atoms with E-state index in [-0.39, 0.29) is 12.5 Å². The van der Waals surface area contributed by atoms with Gasteiger partial charge in [-0.15, -0.1) is 0 Å². The van der Waals surface area contributed by atoms with Gasteiger partial charge in [-0.25, -0.2) is 0 Å². The van der Waals surface area contributed by atoms with Crippen molar-refractivity contribution in [2.45, 2.75) is 90.7 Å². The van der Waals surface area contributed by atoms with Crippen LogP contribution in [0.4, 0.5) is 5.69 Å². The molecule has 2 heterocycles. The predicted octanol–water partition coefficient (Wildman–Crippen LogP) is 1.34. The lowest BCUT2D eigenvalue weighted by Gasteiger charge is -2.45. The Balaban J connectivity index is 1.90. The smallest absolute Gasteiger partial charge is 0.303 e. The predicted molar refractivity (Wildman–Crippen MR) is 153 cm³/mol. The van der Waals surface area contributed by atoms with Crippen molar-refractivity contribution >= 4 is 41.4 Å². The van der Waals surface area contributed by atoms with Crippen LogP contribution in [0.15, 0.2) is 36.4 Å². The fraction of sp³-hybridized carbons (Fsp3) is 0.533. The molecule has 8 atom stereocenters. The van der Waals surface area contributed by atoms with E-state index in [1.165, 1.54) is 19.9 Å². The highest BCUT2D eigenvalue weighted by Gasteiger charge is 2.53. The highest BCUT2D eigenvalue weighted by Crippen LogP contribution is 2.32. The summed E-state index contributed by atoms with van der Waals surface area (Å²) in [6.45, 7) is 6.32. The number of esters is 5. The van der Waals surface area contributed by atoms with Crippen LogP contribution in [0, 0.1) is 0 Å². The van der Waals surface area contributed by atoms with Crippen molar-refractivity contribution in [3.63, 3.8) is 0 Å². The number of ether oxygens (including phenoxy) is 9. The third-order valence-corrected chi connectivity index (χ3v) is 6.25. The number of benzene rings is 1. The molecule has 46 heavy (non-hydrogen) atoms. The van der Waals surface area contributed by atoms with Crippen LogP contribution in [0.25, 0.3) is 0 Å². The fourth-order valence-corrected chi connectivity index (χ4v) is 4.56. The van der Waals surface area contributed by atoms with E-state index >= 15 is 0 Å². The molecule has 1 unspecified atom stereocenters. The average Bonchev–Trinajstić information content (AvgIpc) is 2.95. The topological polar surface area (TPSA) is 198 Å². The Labute approximate surface area is 264 Å². The van der Waals surface area contributed by atoms with Gasteiger partial charge in [0.2, 0.25) is 12.2 Å². The average molecular weight is 652 g/mol. The highest BCUT2D eigenvalue weighted by atomic mass is 16.8. The summed E-state index contributed by atoms with van der Waals surface area (Å²) < 4.78 is 50.6. The van der Waals surface area contributed by atoms with Crippen LogP contribution in [0.5, 0.6) is 5.75 Å². The quantitative estimate of drug-likeness (QED) is 0.193. The van der Waals surface area contributed by atoms with Crippen LogP contribution in [0.1, 0.15) is 41.5 Å². The zero-order valence-electron chi connectivity index (χ0n) is 26.1. The summed E-state index contributed by atoms with van der Waals surface area (Å²) in [5.74, 6) is -3.49. The van der Waals surface area contributed by atoms with Gasteiger partial charge in [0.1, 0.15) is 37.3 Å². The minimum Gasteiger partial charge on any atom is -0.463 e. The maximum Gasteiger partial charge on any atom is 0.303 e. The minimum absolute atomic E-state index is 0.233. The molecule has 0 bridgehead atoms. The molecule has 1 N–H and O–H groups in total. The van der Waals surface area contributed by atoms with Gasteiger partial charge in [0, 0.05) is 47.2 Å². The van der Waals surface area contributed by atoms with Crippen LogP contribution in [-0.2, 0) is 66.7 Å². The second-order valence-electron chi connectivity index (χ2n) is 10.2. The zero-order chi connectivity index (χ0) is 34.0. The number of hydrogen-bond acceptors (Lipinski definition) is 15. The lowest BCUT2D eigenvalue weighted by molar-refractivity contribution is -0.322. The molecular weight excluding hydrogens is 614 g/mol. The van der Waals surface area contributed by atoms with Crippen LogP contribution in [0.3, 0.4) is 0 Å². The number of anilines is 1. The van der Waals surface area contributed by atoms with Crippen molar-refractivity contribution in [2.75, 3.05) is 18.5 Å². The van der Waals surface area contributed by atoms with Crippen molar-refractivity contribution < 1.29 is 71.4 Å². The normalized spacial score (nSPS) is 27.0. The van der Waals surface area contributed by atoms with Gasteiger partial charge >= 0.3 is 29.8 Å². The van der Waals surface area contributed by atoms with Gasteiger partial charge in [0.15, 0.2) is 24.6 Å². The summed E-state index contributed by atoms with van der Waals surface area (Å²) in [5.41, 5.74) is 0.561. The molecule has 1 amide bonds.